The summed E-state index contributed by atoms with van der Waals surface area (Å²) in [5.41, 5.74) is 2.11. The number of benzene rings is 1. The molecule has 1 aromatic carbocycles. The molecule has 110 valence electrons. The van der Waals surface area contributed by atoms with Crippen molar-refractivity contribution in [2.75, 3.05) is 6.61 Å². The van der Waals surface area contributed by atoms with Crippen molar-refractivity contribution < 1.29 is 22.5 Å². The monoisotopic (exact) mass is 298 g/mol. The Hall–Kier alpha value is -1.63. The minimum atomic E-state index is -4.02. The van der Waals surface area contributed by atoms with E-state index in [1.54, 1.807) is 24.7 Å². The maximum absolute atomic E-state index is 10.5. The first-order valence-corrected chi connectivity index (χ1v) is 7.53. The molecule has 0 fully saturated rings. The van der Waals surface area contributed by atoms with E-state index in [0.29, 0.717) is 0 Å². The van der Waals surface area contributed by atoms with Gasteiger partial charge in [-0.25, -0.2) is 0 Å². The van der Waals surface area contributed by atoms with Crippen molar-refractivity contribution in [1.29, 1.82) is 0 Å². The van der Waals surface area contributed by atoms with E-state index >= 15 is 0 Å². The van der Waals surface area contributed by atoms with Gasteiger partial charge in [0.1, 0.15) is 0 Å². The van der Waals surface area contributed by atoms with E-state index in [0.717, 1.165) is 24.0 Å². The molecule has 5 nitrogen and oxygen atoms in total. The summed E-state index contributed by atoms with van der Waals surface area (Å²) < 4.78 is 34.4. The highest BCUT2D eigenvalue weighted by atomic mass is 32.2. The third kappa shape index (κ3) is 6.01. The molecule has 0 bridgehead atoms. The Labute approximate surface area is 118 Å². The van der Waals surface area contributed by atoms with Crippen LogP contribution in [0, 0.1) is 6.92 Å². The third-order valence-electron chi connectivity index (χ3n) is 2.52. The lowest BCUT2D eigenvalue weighted by molar-refractivity contribution is 0.288. The van der Waals surface area contributed by atoms with Crippen LogP contribution in [0.2, 0.25) is 0 Å². The van der Waals surface area contributed by atoms with Crippen molar-refractivity contribution in [2.45, 2.75) is 24.7 Å². The highest BCUT2D eigenvalue weighted by molar-refractivity contribution is 7.85. The first kappa shape index (κ1) is 16.4. The van der Waals surface area contributed by atoms with E-state index in [-0.39, 0.29) is 11.5 Å². The third-order valence-corrected chi connectivity index (χ3v) is 3.39. The largest absolute Gasteiger partial charge is 0.472 e. The van der Waals surface area contributed by atoms with Gasteiger partial charge in [-0.2, -0.15) is 8.42 Å². The van der Waals surface area contributed by atoms with Crippen LogP contribution in [-0.2, 0) is 16.5 Å². The Balaban J connectivity index is 0.000000204. The SMILES string of the molecule is Cc1ccc(S(=O)(=O)O)cc1.OCCCc1ccoc1. The van der Waals surface area contributed by atoms with Crippen LogP contribution in [0.15, 0.2) is 52.2 Å². The van der Waals surface area contributed by atoms with E-state index in [1.807, 2.05) is 13.0 Å². The second-order valence-corrected chi connectivity index (χ2v) is 5.67. The average Bonchev–Trinajstić information content (AvgIpc) is 2.89. The highest BCUT2D eigenvalue weighted by Crippen LogP contribution is 2.08. The molecule has 0 unspecified atom stereocenters. The molecule has 0 aliphatic carbocycles. The molecule has 20 heavy (non-hydrogen) atoms. The number of aryl methyl sites for hydroxylation is 2. The Morgan fingerprint density at radius 1 is 1.15 bits per heavy atom. The number of furan rings is 1. The van der Waals surface area contributed by atoms with Gasteiger partial charge in [0.05, 0.1) is 17.4 Å². The fourth-order valence-corrected chi connectivity index (χ4v) is 1.91. The van der Waals surface area contributed by atoms with Crippen LogP contribution >= 0.6 is 0 Å². The lowest BCUT2D eigenvalue weighted by Gasteiger charge is -1.95. The quantitative estimate of drug-likeness (QED) is 0.846. The zero-order chi connectivity index (χ0) is 15.0. The maximum atomic E-state index is 10.5. The molecular formula is C14H18O5S. The molecule has 6 heteroatoms. The van der Waals surface area contributed by atoms with E-state index in [1.165, 1.54) is 12.1 Å². The summed E-state index contributed by atoms with van der Waals surface area (Å²) >= 11 is 0. The smallest absolute Gasteiger partial charge is 0.294 e. The molecule has 0 atom stereocenters. The molecule has 0 radical (unpaired) electrons. The van der Waals surface area contributed by atoms with Crippen molar-refractivity contribution in [3.05, 3.63) is 54.0 Å². The minimum Gasteiger partial charge on any atom is -0.472 e. The predicted molar refractivity (Wildman–Crippen MR) is 75.1 cm³/mol. The van der Waals surface area contributed by atoms with Gasteiger partial charge in [-0.05, 0) is 43.5 Å². The Bertz CT molecular complexity index is 585. The molecule has 1 aromatic heterocycles. The molecular weight excluding hydrogens is 280 g/mol. The predicted octanol–water partition coefficient (Wildman–Crippen LogP) is 2.45. The summed E-state index contributed by atoms with van der Waals surface area (Å²) in [6.07, 6.45) is 5.08. The van der Waals surface area contributed by atoms with E-state index < -0.39 is 10.1 Å². The van der Waals surface area contributed by atoms with Gasteiger partial charge in [0, 0.05) is 6.61 Å². The molecule has 0 saturated heterocycles. The van der Waals surface area contributed by atoms with Crippen LogP contribution in [0.1, 0.15) is 17.5 Å². The Kier molecular flexibility index (Phi) is 6.44. The van der Waals surface area contributed by atoms with Gasteiger partial charge in [-0.1, -0.05) is 17.7 Å². The van der Waals surface area contributed by atoms with Gasteiger partial charge in [-0.15, -0.1) is 0 Å². The van der Waals surface area contributed by atoms with Gasteiger partial charge in [0.2, 0.25) is 0 Å². The van der Waals surface area contributed by atoms with Crippen molar-refractivity contribution in [3.8, 4) is 0 Å². The lowest BCUT2D eigenvalue weighted by Crippen LogP contribution is -1.96. The van der Waals surface area contributed by atoms with Gasteiger partial charge < -0.3 is 9.52 Å². The summed E-state index contributed by atoms with van der Waals surface area (Å²) in [5, 5.41) is 8.43. The van der Waals surface area contributed by atoms with E-state index in [2.05, 4.69) is 0 Å². The molecule has 0 aliphatic heterocycles. The Morgan fingerprint density at radius 2 is 1.80 bits per heavy atom. The molecule has 0 saturated carbocycles. The average molecular weight is 298 g/mol. The summed E-state index contributed by atoms with van der Waals surface area (Å²) in [7, 11) is -4.02. The number of aliphatic hydroxyl groups is 1. The minimum absolute atomic E-state index is 0.0666. The second-order valence-electron chi connectivity index (χ2n) is 4.25. The van der Waals surface area contributed by atoms with Crippen LogP contribution in [0.25, 0.3) is 0 Å². The normalized spacial score (nSPS) is 10.8. The number of hydrogen-bond donors (Lipinski definition) is 2. The number of aliphatic hydroxyl groups excluding tert-OH is 1. The molecule has 2 N–H and O–H groups in total. The summed E-state index contributed by atoms with van der Waals surface area (Å²) in [6.45, 7) is 2.10. The van der Waals surface area contributed by atoms with Crippen LogP contribution in [-0.4, -0.2) is 24.7 Å². The van der Waals surface area contributed by atoms with Crippen molar-refractivity contribution >= 4 is 10.1 Å². The Morgan fingerprint density at radius 3 is 2.25 bits per heavy atom. The van der Waals surface area contributed by atoms with Crippen LogP contribution in [0.4, 0.5) is 0 Å². The molecule has 0 spiro atoms. The summed E-state index contributed by atoms with van der Waals surface area (Å²) in [5.74, 6) is 0. The van der Waals surface area contributed by atoms with Crippen molar-refractivity contribution in [2.24, 2.45) is 0 Å². The molecule has 1 heterocycles. The zero-order valence-electron chi connectivity index (χ0n) is 11.2. The van der Waals surface area contributed by atoms with Crippen LogP contribution in [0.5, 0.6) is 0 Å². The van der Waals surface area contributed by atoms with E-state index in [4.69, 9.17) is 14.1 Å². The first-order chi connectivity index (χ1) is 9.43. The number of hydrogen-bond acceptors (Lipinski definition) is 4. The second kappa shape index (κ2) is 7.84. The first-order valence-electron chi connectivity index (χ1n) is 6.09. The molecule has 0 aliphatic rings. The van der Waals surface area contributed by atoms with E-state index in [9.17, 15) is 8.42 Å². The lowest BCUT2D eigenvalue weighted by atomic mass is 10.2. The molecule has 2 rings (SSSR count). The summed E-state index contributed by atoms with van der Waals surface area (Å²) in [4.78, 5) is -0.0666. The molecule has 2 aromatic rings. The van der Waals surface area contributed by atoms with Crippen LogP contribution < -0.4 is 0 Å². The van der Waals surface area contributed by atoms with Gasteiger partial charge in [-0.3, -0.25) is 4.55 Å². The number of rotatable bonds is 4. The van der Waals surface area contributed by atoms with Gasteiger partial charge in [0.25, 0.3) is 10.1 Å². The van der Waals surface area contributed by atoms with Crippen molar-refractivity contribution in [3.63, 3.8) is 0 Å². The highest BCUT2D eigenvalue weighted by Gasteiger charge is 2.06. The topological polar surface area (TPSA) is 87.7 Å². The standard InChI is InChI=1S/C7H8O3S.C7H10O2/c1-6-2-4-7(5-3-6)11(8,9)10;8-4-1-2-7-3-5-9-6-7/h2-5H,1H3,(H,8,9,10);3,5-6,8H,1-2,4H2. The van der Waals surface area contributed by atoms with Crippen molar-refractivity contribution in [1.82, 2.24) is 0 Å². The fraction of sp³-hybridized carbons (Fsp3) is 0.286. The van der Waals surface area contributed by atoms with Gasteiger partial charge in [0.15, 0.2) is 0 Å². The van der Waals surface area contributed by atoms with Gasteiger partial charge >= 0.3 is 0 Å². The molecule has 0 amide bonds. The zero-order valence-corrected chi connectivity index (χ0v) is 12.0. The summed E-state index contributed by atoms with van der Waals surface area (Å²) in [6, 6.07) is 7.90. The van der Waals surface area contributed by atoms with Crippen LogP contribution in [0.3, 0.4) is 0 Å². The maximum Gasteiger partial charge on any atom is 0.294 e. The fourth-order valence-electron chi connectivity index (χ4n) is 1.43.